The molecule has 0 bridgehead atoms. The van der Waals surface area contributed by atoms with E-state index >= 15 is 0 Å². The molecule has 1 heterocycles. The first kappa shape index (κ1) is 11.6. The van der Waals surface area contributed by atoms with Crippen LogP contribution in [0.15, 0.2) is 5.38 Å². The van der Waals surface area contributed by atoms with E-state index < -0.39 is 5.97 Å². The Hall–Kier alpha value is -0.900. The molecule has 4 heteroatoms. The molecule has 1 aliphatic rings. The van der Waals surface area contributed by atoms with Gasteiger partial charge in [0.2, 0.25) is 0 Å². The zero-order chi connectivity index (χ0) is 11.5. The van der Waals surface area contributed by atoms with E-state index in [0.717, 1.165) is 36.4 Å². The summed E-state index contributed by atoms with van der Waals surface area (Å²) in [4.78, 5) is 15.7. The van der Waals surface area contributed by atoms with Crippen molar-refractivity contribution in [3.05, 3.63) is 16.1 Å². The van der Waals surface area contributed by atoms with E-state index in [0.29, 0.717) is 0 Å². The van der Waals surface area contributed by atoms with Crippen LogP contribution in [-0.4, -0.2) is 16.1 Å². The topological polar surface area (TPSA) is 50.2 Å². The Labute approximate surface area is 99.5 Å². The van der Waals surface area contributed by atoms with Gasteiger partial charge in [-0.25, -0.2) is 4.98 Å². The number of thiazole rings is 1. The fraction of sp³-hybridized carbons (Fsp3) is 0.667. The molecule has 16 heavy (non-hydrogen) atoms. The van der Waals surface area contributed by atoms with Gasteiger partial charge in [-0.05, 0) is 25.7 Å². The molecule has 0 aliphatic heterocycles. The number of hydrogen-bond donors (Lipinski definition) is 1. The van der Waals surface area contributed by atoms with Gasteiger partial charge in [0.25, 0.3) is 0 Å². The van der Waals surface area contributed by atoms with E-state index in [1.165, 1.54) is 17.8 Å². The van der Waals surface area contributed by atoms with E-state index in [4.69, 9.17) is 0 Å². The van der Waals surface area contributed by atoms with E-state index in [1.807, 2.05) is 12.3 Å². The zero-order valence-electron chi connectivity index (χ0n) is 9.48. The monoisotopic (exact) mass is 239 g/mol. The lowest BCUT2D eigenvalue weighted by Crippen LogP contribution is -2.24. The highest BCUT2D eigenvalue weighted by molar-refractivity contribution is 7.09. The second kappa shape index (κ2) is 4.95. The molecule has 1 saturated carbocycles. The molecule has 0 spiro atoms. The van der Waals surface area contributed by atoms with Crippen LogP contribution in [0.5, 0.6) is 0 Å². The summed E-state index contributed by atoms with van der Waals surface area (Å²) < 4.78 is 0. The SMILES string of the molecule is Cc1nc(C(C(=O)O)C2CCCCC2)cs1. The number of rotatable bonds is 3. The maximum atomic E-state index is 11.4. The minimum Gasteiger partial charge on any atom is -0.481 e. The number of hydrogen-bond acceptors (Lipinski definition) is 3. The maximum Gasteiger partial charge on any atom is 0.312 e. The molecule has 1 atom stereocenters. The van der Waals surface area contributed by atoms with Gasteiger partial charge in [0.15, 0.2) is 0 Å². The minimum absolute atomic E-state index is 0.285. The summed E-state index contributed by atoms with van der Waals surface area (Å²) in [6, 6.07) is 0. The molecule has 0 radical (unpaired) electrons. The molecule has 88 valence electrons. The lowest BCUT2D eigenvalue weighted by molar-refractivity contribution is -0.140. The first-order valence-electron chi connectivity index (χ1n) is 5.83. The molecular formula is C12H17NO2S. The van der Waals surface area contributed by atoms with Crippen LogP contribution in [-0.2, 0) is 4.79 Å². The molecule has 1 aromatic heterocycles. The predicted octanol–water partition coefficient (Wildman–Crippen LogP) is 3.20. The fourth-order valence-electron chi connectivity index (χ4n) is 2.56. The first-order valence-corrected chi connectivity index (χ1v) is 6.71. The van der Waals surface area contributed by atoms with Gasteiger partial charge in [-0.1, -0.05) is 19.3 Å². The van der Waals surface area contributed by atoms with E-state index in [2.05, 4.69) is 4.98 Å². The molecular weight excluding hydrogens is 222 g/mol. The van der Waals surface area contributed by atoms with Gasteiger partial charge in [0.05, 0.1) is 10.7 Å². The van der Waals surface area contributed by atoms with Crippen molar-refractivity contribution in [3.8, 4) is 0 Å². The standard InChI is InChI=1S/C12H17NO2S/c1-8-13-10(7-16-8)11(12(14)15)9-5-3-2-4-6-9/h7,9,11H,2-6H2,1H3,(H,14,15). The Bertz CT molecular complexity index is 369. The summed E-state index contributed by atoms with van der Waals surface area (Å²) in [6.07, 6.45) is 5.65. The molecule has 1 N–H and O–H groups in total. The van der Waals surface area contributed by atoms with Gasteiger partial charge in [0.1, 0.15) is 5.92 Å². The first-order chi connectivity index (χ1) is 7.68. The van der Waals surface area contributed by atoms with Crippen LogP contribution in [0.1, 0.15) is 48.7 Å². The molecule has 2 rings (SSSR count). The Balaban J connectivity index is 2.19. The molecule has 1 aliphatic carbocycles. The minimum atomic E-state index is -0.711. The van der Waals surface area contributed by atoms with E-state index in [9.17, 15) is 9.90 Å². The van der Waals surface area contributed by atoms with Crippen LogP contribution in [0, 0.1) is 12.8 Å². The van der Waals surface area contributed by atoms with E-state index in [1.54, 1.807) is 0 Å². The zero-order valence-corrected chi connectivity index (χ0v) is 10.3. The highest BCUT2D eigenvalue weighted by Crippen LogP contribution is 2.36. The Morgan fingerprint density at radius 1 is 1.50 bits per heavy atom. The third-order valence-electron chi connectivity index (χ3n) is 3.34. The van der Waals surface area contributed by atoms with Crippen molar-refractivity contribution in [3.63, 3.8) is 0 Å². The van der Waals surface area contributed by atoms with Crippen LogP contribution in [0.25, 0.3) is 0 Å². The Morgan fingerprint density at radius 3 is 2.69 bits per heavy atom. The molecule has 1 unspecified atom stereocenters. The molecule has 0 saturated heterocycles. The number of aryl methyl sites for hydroxylation is 1. The van der Waals surface area contributed by atoms with Gasteiger partial charge in [-0.2, -0.15) is 0 Å². The average Bonchev–Trinajstić information content (AvgIpc) is 2.66. The van der Waals surface area contributed by atoms with Crippen LogP contribution in [0.2, 0.25) is 0 Å². The lowest BCUT2D eigenvalue weighted by Gasteiger charge is -2.26. The van der Waals surface area contributed by atoms with Crippen molar-refractivity contribution < 1.29 is 9.90 Å². The van der Waals surface area contributed by atoms with Crippen LogP contribution < -0.4 is 0 Å². The second-order valence-corrected chi connectivity index (χ2v) is 5.57. The van der Waals surface area contributed by atoms with Crippen molar-refractivity contribution in [2.45, 2.75) is 44.9 Å². The highest BCUT2D eigenvalue weighted by Gasteiger charge is 2.32. The van der Waals surface area contributed by atoms with Crippen molar-refractivity contribution >= 4 is 17.3 Å². The van der Waals surface area contributed by atoms with E-state index in [-0.39, 0.29) is 11.8 Å². The summed E-state index contributed by atoms with van der Waals surface area (Å²) in [5, 5.41) is 12.2. The third kappa shape index (κ3) is 2.43. The molecule has 1 aromatic rings. The summed E-state index contributed by atoms with van der Waals surface area (Å²) >= 11 is 1.54. The van der Waals surface area contributed by atoms with Crippen molar-refractivity contribution in [1.82, 2.24) is 4.98 Å². The summed E-state index contributed by atoms with van der Waals surface area (Å²) in [5.74, 6) is -0.810. The number of nitrogens with zero attached hydrogens (tertiary/aromatic N) is 1. The second-order valence-electron chi connectivity index (χ2n) is 4.51. The van der Waals surface area contributed by atoms with Gasteiger partial charge < -0.3 is 5.11 Å². The summed E-state index contributed by atoms with van der Waals surface area (Å²) in [7, 11) is 0. The van der Waals surface area contributed by atoms with Crippen molar-refractivity contribution in [1.29, 1.82) is 0 Å². The number of carbonyl (C=O) groups is 1. The normalized spacial score (nSPS) is 19.6. The Morgan fingerprint density at radius 2 is 2.19 bits per heavy atom. The smallest absolute Gasteiger partial charge is 0.312 e. The number of aliphatic carboxylic acids is 1. The van der Waals surface area contributed by atoms with Gasteiger partial charge in [0, 0.05) is 5.38 Å². The highest BCUT2D eigenvalue weighted by atomic mass is 32.1. The number of carboxylic acid groups (broad SMARTS) is 1. The predicted molar refractivity (Wildman–Crippen MR) is 63.8 cm³/mol. The molecule has 0 amide bonds. The van der Waals surface area contributed by atoms with Crippen LogP contribution >= 0.6 is 11.3 Å². The van der Waals surface area contributed by atoms with Gasteiger partial charge in [-0.15, -0.1) is 11.3 Å². The van der Waals surface area contributed by atoms with Crippen molar-refractivity contribution in [2.75, 3.05) is 0 Å². The lowest BCUT2D eigenvalue weighted by atomic mass is 9.79. The average molecular weight is 239 g/mol. The third-order valence-corrected chi connectivity index (χ3v) is 4.13. The van der Waals surface area contributed by atoms with Gasteiger partial charge in [-0.3, -0.25) is 4.79 Å². The summed E-state index contributed by atoms with van der Waals surface area (Å²) in [6.45, 7) is 1.92. The summed E-state index contributed by atoms with van der Waals surface area (Å²) in [5.41, 5.74) is 0.766. The molecule has 0 aromatic carbocycles. The Kier molecular flexibility index (Phi) is 3.59. The van der Waals surface area contributed by atoms with Gasteiger partial charge >= 0.3 is 5.97 Å². The quantitative estimate of drug-likeness (QED) is 0.881. The van der Waals surface area contributed by atoms with Crippen LogP contribution in [0.3, 0.4) is 0 Å². The largest absolute Gasteiger partial charge is 0.481 e. The number of carboxylic acids is 1. The van der Waals surface area contributed by atoms with Crippen molar-refractivity contribution in [2.24, 2.45) is 5.92 Å². The molecule has 1 fully saturated rings. The number of aromatic nitrogens is 1. The van der Waals surface area contributed by atoms with Crippen LogP contribution in [0.4, 0.5) is 0 Å². The molecule has 3 nitrogen and oxygen atoms in total. The fourth-order valence-corrected chi connectivity index (χ4v) is 3.21. The maximum absolute atomic E-state index is 11.4.